The van der Waals surface area contributed by atoms with Crippen molar-refractivity contribution in [3.05, 3.63) is 11.4 Å². The molecule has 0 aromatic carbocycles. The number of carboxylic acid groups (broad SMARTS) is 1. The molecule has 0 unspecified atom stereocenters. The molecule has 0 atom stereocenters. The molecule has 8 nitrogen and oxygen atoms in total. The first-order valence-corrected chi connectivity index (χ1v) is 6.68. The number of aromatic nitrogens is 3. The highest BCUT2D eigenvalue weighted by Gasteiger charge is 2.20. The van der Waals surface area contributed by atoms with E-state index in [9.17, 15) is 9.59 Å². The Hall–Kier alpha value is -1.96. The molecule has 20 heavy (non-hydrogen) atoms. The lowest BCUT2D eigenvalue weighted by atomic mass is 10.3. The Morgan fingerprint density at radius 1 is 1.30 bits per heavy atom. The Kier molecular flexibility index (Phi) is 6.10. The van der Waals surface area contributed by atoms with E-state index in [0.717, 1.165) is 12.8 Å². The third-order valence-corrected chi connectivity index (χ3v) is 2.86. The molecule has 0 bridgehead atoms. The number of nitrogens with zero attached hydrogens (tertiary/aromatic N) is 4. The number of carbonyl (C=O) groups excluding carboxylic acids is 1. The van der Waals surface area contributed by atoms with Gasteiger partial charge in [0.15, 0.2) is 5.69 Å². The van der Waals surface area contributed by atoms with Crippen molar-refractivity contribution in [1.29, 1.82) is 0 Å². The monoisotopic (exact) mass is 283 g/mol. The second kappa shape index (κ2) is 7.59. The molecule has 0 aliphatic heterocycles. The van der Waals surface area contributed by atoms with E-state index >= 15 is 0 Å². The Morgan fingerprint density at radius 2 is 1.90 bits per heavy atom. The quantitative estimate of drug-likeness (QED) is 0.698. The summed E-state index contributed by atoms with van der Waals surface area (Å²) in [7, 11) is 0. The van der Waals surface area contributed by atoms with E-state index in [0.29, 0.717) is 13.1 Å². The topological polar surface area (TPSA) is 114 Å². The number of carbonyl (C=O) groups is 2. The third kappa shape index (κ3) is 3.77. The summed E-state index contributed by atoms with van der Waals surface area (Å²) in [4.78, 5) is 24.9. The van der Waals surface area contributed by atoms with Gasteiger partial charge in [-0.25, -0.2) is 9.48 Å². The maximum atomic E-state index is 12.2. The Morgan fingerprint density at radius 3 is 2.35 bits per heavy atom. The van der Waals surface area contributed by atoms with Gasteiger partial charge >= 0.3 is 5.97 Å². The molecule has 0 aliphatic rings. The number of carboxylic acids is 1. The highest BCUT2D eigenvalue weighted by Crippen LogP contribution is 2.06. The minimum absolute atomic E-state index is 0.0243. The van der Waals surface area contributed by atoms with Crippen molar-refractivity contribution in [1.82, 2.24) is 19.9 Å². The van der Waals surface area contributed by atoms with Crippen LogP contribution in [0.15, 0.2) is 0 Å². The van der Waals surface area contributed by atoms with E-state index in [-0.39, 0.29) is 30.4 Å². The third-order valence-electron chi connectivity index (χ3n) is 2.86. The Labute approximate surface area is 117 Å². The number of nitrogens with two attached hydrogens (primary N) is 1. The first-order chi connectivity index (χ1) is 9.54. The van der Waals surface area contributed by atoms with E-state index in [4.69, 9.17) is 10.8 Å². The maximum Gasteiger partial charge on any atom is 0.358 e. The second-order valence-corrected chi connectivity index (χ2v) is 4.43. The Balaban J connectivity index is 2.86. The molecule has 1 aromatic heterocycles. The van der Waals surface area contributed by atoms with Gasteiger partial charge in [-0.2, -0.15) is 0 Å². The molecule has 1 heterocycles. The van der Waals surface area contributed by atoms with Crippen LogP contribution in [0.25, 0.3) is 0 Å². The van der Waals surface area contributed by atoms with Crippen LogP contribution in [0.4, 0.5) is 0 Å². The van der Waals surface area contributed by atoms with E-state index in [1.54, 1.807) is 4.90 Å². The average Bonchev–Trinajstić information content (AvgIpc) is 2.81. The summed E-state index contributed by atoms with van der Waals surface area (Å²) < 4.78 is 1.27. The highest BCUT2D eigenvalue weighted by molar-refractivity contribution is 5.86. The van der Waals surface area contributed by atoms with Gasteiger partial charge in [0.25, 0.3) is 0 Å². The standard InChI is InChI=1S/C12H21N5O3/c1-3-5-16(6-4-2)10(18)8-17-9(7-13)11(12(19)20)14-15-17/h3-8,13H2,1-2H3,(H,19,20). The van der Waals surface area contributed by atoms with Crippen LogP contribution < -0.4 is 5.73 Å². The zero-order valence-corrected chi connectivity index (χ0v) is 11.9. The van der Waals surface area contributed by atoms with Crippen molar-refractivity contribution >= 4 is 11.9 Å². The zero-order chi connectivity index (χ0) is 15.1. The first-order valence-electron chi connectivity index (χ1n) is 6.68. The van der Waals surface area contributed by atoms with E-state index in [2.05, 4.69) is 10.3 Å². The summed E-state index contributed by atoms with van der Waals surface area (Å²) >= 11 is 0. The van der Waals surface area contributed by atoms with Crippen LogP contribution in [0.3, 0.4) is 0 Å². The van der Waals surface area contributed by atoms with Gasteiger partial charge in [-0.1, -0.05) is 19.1 Å². The van der Waals surface area contributed by atoms with Crippen molar-refractivity contribution in [2.75, 3.05) is 13.1 Å². The van der Waals surface area contributed by atoms with Crippen LogP contribution in [-0.2, 0) is 17.9 Å². The van der Waals surface area contributed by atoms with Crippen molar-refractivity contribution in [2.24, 2.45) is 5.73 Å². The summed E-state index contributed by atoms with van der Waals surface area (Å²) in [6.45, 7) is 5.28. The molecular weight excluding hydrogens is 262 g/mol. The molecule has 112 valence electrons. The molecule has 1 amide bonds. The molecule has 1 rings (SSSR count). The van der Waals surface area contributed by atoms with Crippen LogP contribution in [0.2, 0.25) is 0 Å². The predicted molar refractivity (Wildman–Crippen MR) is 72.0 cm³/mol. The summed E-state index contributed by atoms with van der Waals surface area (Å²) in [6, 6.07) is 0. The van der Waals surface area contributed by atoms with Crippen molar-refractivity contribution < 1.29 is 14.7 Å². The lowest BCUT2D eigenvalue weighted by Gasteiger charge is -2.21. The van der Waals surface area contributed by atoms with Crippen LogP contribution in [0.1, 0.15) is 42.9 Å². The van der Waals surface area contributed by atoms with E-state index in [1.807, 2.05) is 13.8 Å². The molecular formula is C12H21N5O3. The van der Waals surface area contributed by atoms with Crippen molar-refractivity contribution in [2.45, 2.75) is 39.8 Å². The van der Waals surface area contributed by atoms with Gasteiger partial charge in [0, 0.05) is 19.6 Å². The normalized spacial score (nSPS) is 10.6. The number of hydrogen-bond donors (Lipinski definition) is 2. The zero-order valence-electron chi connectivity index (χ0n) is 11.9. The predicted octanol–water partition coefficient (Wildman–Crippen LogP) is 0.0836. The van der Waals surface area contributed by atoms with E-state index in [1.165, 1.54) is 4.68 Å². The van der Waals surface area contributed by atoms with Crippen LogP contribution >= 0.6 is 0 Å². The maximum absolute atomic E-state index is 12.2. The molecule has 8 heteroatoms. The fourth-order valence-electron chi connectivity index (χ4n) is 1.96. The molecule has 0 aliphatic carbocycles. The number of aromatic carboxylic acids is 1. The van der Waals surface area contributed by atoms with Gasteiger partial charge in [-0.3, -0.25) is 4.79 Å². The minimum atomic E-state index is -1.19. The van der Waals surface area contributed by atoms with Crippen LogP contribution in [0.5, 0.6) is 0 Å². The van der Waals surface area contributed by atoms with Gasteiger partial charge in [-0.15, -0.1) is 5.10 Å². The summed E-state index contributed by atoms with van der Waals surface area (Å²) in [5.74, 6) is -1.30. The summed E-state index contributed by atoms with van der Waals surface area (Å²) in [5.41, 5.74) is 5.58. The summed E-state index contributed by atoms with van der Waals surface area (Å²) in [6.07, 6.45) is 1.74. The molecule has 1 aromatic rings. The smallest absolute Gasteiger partial charge is 0.358 e. The number of amides is 1. The van der Waals surface area contributed by atoms with Gasteiger partial charge in [0.05, 0.1) is 5.69 Å². The lowest BCUT2D eigenvalue weighted by Crippen LogP contribution is -2.36. The fraction of sp³-hybridized carbons (Fsp3) is 0.667. The van der Waals surface area contributed by atoms with Crippen LogP contribution in [-0.4, -0.2) is 50.0 Å². The van der Waals surface area contributed by atoms with E-state index < -0.39 is 5.97 Å². The molecule has 0 saturated heterocycles. The first kappa shape index (κ1) is 16.1. The molecule has 0 spiro atoms. The lowest BCUT2D eigenvalue weighted by molar-refractivity contribution is -0.132. The molecule has 0 radical (unpaired) electrons. The largest absolute Gasteiger partial charge is 0.476 e. The average molecular weight is 283 g/mol. The highest BCUT2D eigenvalue weighted by atomic mass is 16.4. The molecule has 0 saturated carbocycles. The minimum Gasteiger partial charge on any atom is -0.476 e. The number of hydrogen-bond acceptors (Lipinski definition) is 5. The van der Waals surface area contributed by atoms with Gasteiger partial charge < -0.3 is 15.7 Å². The van der Waals surface area contributed by atoms with Crippen LogP contribution in [0, 0.1) is 0 Å². The van der Waals surface area contributed by atoms with Crippen molar-refractivity contribution in [3.8, 4) is 0 Å². The van der Waals surface area contributed by atoms with Crippen molar-refractivity contribution in [3.63, 3.8) is 0 Å². The van der Waals surface area contributed by atoms with Gasteiger partial charge in [-0.05, 0) is 12.8 Å². The SMILES string of the molecule is CCCN(CCC)C(=O)Cn1nnc(C(=O)O)c1CN. The molecule has 3 N–H and O–H groups in total. The van der Waals surface area contributed by atoms with Gasteiger partial charge in [0.2, 0.25) is 5.91 Å². The summed E-state index contributed by atoms with van der Waals surface area (Å²) in [5, 5.41) is 16.2. The molecule has 0 fully saturated rings. The fourth-order valence-corrected chi connectivity index (χ4v) is 1.96. The Bertz CT molecular complexity index is 466. The van der Waals surface area contributed by atoms with Gasteiger partial charge in [0.1, 0.15) is 6.54 Å². The second-order valence-electron chi connectivity index (χ2n) is 4.43. The number of rotatable bonds is 8.